The number of esters is 2. The SMILES string of the molecule is COC(=O)[C@@H]1CSC(O[Si](C)(C)C(C)(C)C)c2ccc(OC)c(C)c2C(=O)O[C@H](CO)CCC(=O)N1. The minimum absolute atomic E-state index is 0.0372. The van der Waals surface area contributed by atoms with Crippen molar-refractivity contribution in [3.63, 3.8) is 0 Å². The molecule has 1 aliphatic heterocycles. The van der Waals surface area contributed by atoms with E-state index in [-0.39, 0.29) is 29.2 Å². The van der Waals surface area contributed by atoms with Crippen molar-refractivity contribution in [2.45, 2.75) is 76.3 Å². The highest BCUT2D eigenvalue weighted by Gasteiger charge is 2.41. The van der Waals surface area contributed by atoms with Crippen LogP contribution in [0.25, 0.3) is 0 Å². The molecule has 11 heteroatoms. The van der Waals surface area contributed by atoms with Gasteiger partial charge in [-0.05, 0) is 37.5 Å². The first kappa shape index (κ1) is 30.1. The molecular formula is C25H39NO8SSi. The lowest BCUT2D eigenvalue weighted by Crippen LogP contribution is -2.44. The van der Waals surface area contributed by atoms with Crippen LogP contribution in [0.5, 0.6) is 5.75 Å². The number of fused-ring (bicyclic) bond motifs is 1. The summed E-state index contributed by atoms with van der Waals surface area (Å²) in [5.74, 6) is -0.934. The molecule has 202 valence electrons. The van der Waals surface area contributed by atoms with Crippen molar-refractivity contribution in [2.75, 3.05) is 26.6 Å². The van der Waals surface area contributed by atoms with Gasteiger partial charge in [-0.1, -0.05) is 26.8 Å². The highest BCUT2D eigenvalue weighted by atomic mass is 32.2. The van der Waals surface area contributed by atoms with E-state index in [0.717, 1.165) is 0 Å². The molecule has 1 heterocycles. The van der Waals surface area contributed by atoms with Crippen LogP contribution in [0.1, 0.15) is 60.5 Å². The van der Waals surface area contributed by atoms with E-state index in [1.165, 1.54) is 26.0 Å². The summed E-state index contributed by atoms with van der Waals surface area (Å²) in [4.78, 5) is 38.5. The molecule has 0 saturated heterocycles. The van der Waals surface area contributed by atoms with Gasteiger partial charge in [-0.25, -0.2) is 9.59 Å². The van der Waals surface area contributed by atoms with Gasteiger partial charge >= 0.3 is 11.9 Å². The number of carbonyl (C=O) groups excluding carboxylic acids is 3. The maximum atomic E-state index is 13.5. The van der Waals surface area contributed by atoms with Crippen molar-refractivity contribution in [3.05, 3.63) is 28.8 Å². The Morgan fingerprint density at radius 2 is 1.92 bits per heavy atom. The van der Waals surface area contributed by atoms with E-state index >= 15 is 0 Å². The quantitative estimate of drug-likeness (QED) is 0.424. The number of nitrogens with one attached hydrogen (secondary N) is 1. The van der Waals surface area contributed by atoms with Crippen LogP contribution in [0.15, 0.2) is 12.1 Å². The fraction of sp³-hybridized carbons (Fsp3) is 0.640. The van der Waals surface area contributed by atoms with Crippen LogP contribution >= 0.6 is 11.8 Å². The summed E-state index contributed by atoms with van der Waals surface area (Å²) in [5.41, 5.74) is 0.807. The molecule has 0 saturated carbocycles. The predicted octanol–water partition coefficient (Wildman–Crippen LogP) is 3.73. The molecule has 0 bridgehead atoms. The Hall–Kier alpha value is -2.08. The predicted molar refractivity (Wildman–Crippen MR) is 141 cm³/mol. The standard InChI is InChI=1S/C25H39NO8SSi/c1-15-19(31-5)11-10-17-21(15)23(30)33-16(13-27)9-12-20(28)26-18(22(29)32-6)14-35-24(17)34-36(7,8)25(2,3)4/h10-11,16,18,24,27H,9,12-14H2,1-8H3,(H,26,28)/t16-,18-,24?/m0/s1. The summed E-state index contributed by atoms with van der Waals surface area (Å²) in [7, 11) is 0.426. The number of aliphatic hydroxyl groups excluding tert-OH is 1. The van der Waals surface area contributed by atoms with Gasteiger partial charge in [-0.3, -0.25) is 4.79 Å². The maximum Gasteiger partial charge on any atom is 0.339 e. The largest absolute Gasteiger partial charge is 0.496 e. The zero-order chi connectivity index (χ0) is 27.3. The lowest BCUT2D eigenvalue weighted by Gasteiger charge is -2.39. The molecular weight excluding hydrogens is 502 g/mol. The van der Waals surface area contributed by atoms with Crippen LogP contribution < -0.4 is 10.1 Å². The third kappa shape index (κ3) is 7.24. The molecule has 3 atom stereocenters. The monoisotopic (exact) mass is 541 g/mol. The second kappa shape index (κ2) is 12.4. The number of hydrogen-bond acceptors (Lipinski definition) is 9. The number of rotatable bonds is 5. The van der Waals surface area contributed by atoms with Gasteiger partial charge in [-0.15, -0.1) is 11.8 Å². The van der Waals surface area contributed by atoms with Gasteiger partial charge in [0.1, 0.15) is 23.3 Å². The Kier molecular flexibility index (Phi) is 10.4. The van der Waals surface area contributed by atoms with Crippen molar-refractivity contribution in [2.24, 2.45) is 0 Å². The molecule has 1 amide bonds. The van der Waals surface area contributed by atoms with Crippen LogP contribution in [0.2, 0.25) is 18.1 Å². The van der Waals surface area contributed by atoms with Gasteiger partial charge in [0.15, 0.2) is 8.32 Å². The van der Waals surface area contributed by atoms with Crippen molar-refractivity contribution in [3.8, 4) is 5.75 Å². The van der Waals surface area contributed by atoms with Crippen LogP contribution in [-0.4, -0.2) is 70.0 Å². The number of cyclic esters (lactones) is 1. The minimum atomic E-state index is -2.36. The first-order valence-electron chi connectivity index (χ1n) is 11.9. The first-order chi connectivity index (χ1) is 16.7. The number of thioether (sulfide) groups is 1. The fourth-order valence-electron chi connectivity index (χ4n) is 3.48. The molecule has 1 aromatic carbocycles. The molecule has 1 unspecified atom stereocenters. The molecule has 1 aliphatic rings. The minimum Gasteiger partial charge on any atom is -0.496 e. The van der Waals surface area contributed by atoms with Gasteiger partial charge in [0.2, 0.25) is 5.91 Å². The number of benzene rings is 1. The van der Waals surface area contributed by atoms with E-state index < -0.39 is 50.4 Å². The lowest BCUT2D eigenvalue weighted by molar-refractivity contribution is -0.144. The highest BCUT2D eigenvalue weighted by Crippen LogP contribution is 2.45. The molecule has 0 aliphatic carbocycles. The van der Waals surface area contributed by atoms with E-state index in [9.17, 15) is 19.5 Å². The smallest absolute Gasteiger partial charge is 0.339 e. The molecule has 9 nitrogen and oxygen atoms in total. The second-order valence-electron chi connectivity index (χ2n) is 10.3. The van der Waals surface area contributed by atoms with Crippen LogP contribution in [0.4, 0.5) is 0 Å². The fourth-order valence-corrected chi connectivity index (χ4v) is 6.46. The van der Waals surface area contributed by atoms with Gasteiger partial charge < -0.3 is 29.1 Å². The Bertz CT molecular complexity index is 962. The third-order valence-corrected chi connectivity index (χ3v) is 12.5. The molecule has 0 fully saturated rings. The summed E-state index contributed by atoms with van der Waals surface area (Å²) in [6.07, 6.45) is -0.839. The Labute approximate surface area is 218 Å². The van der Waals surface area contributed by atoms with E-state index in [2.05, 4.69) is 39.2 Å². The summed E-state index contributed by atoms with van der Waals surface area (Å²) in [6.45, 7) is 11.9. The van der Waals surface area contributed by atoms with Crippen LogP contribution in [0.3, 0.4) is 0 Å². The van der Waals surface area contributed by atoms with Gasteiger partial charge in [-0.2, -0.15) is 0 Å². The average molecular weight is 542 g/mol. The summed E-state index contributed by atoms with van der Waals surface area (Å²) >= 11 is 1.31. The topological polar surface area (TPSA) is 120 Å². The Balaban J connectivity index is 2.69. The zero-order valence-electron chi connectivity index (χ0n) is 22.4. The van der Waals surface area contributed by atoms with Gasteiger partial charge in [0.05, 0.1) is 26.4 Å². The van der Waals surface area contributed by atoms with E-state index in [0.29, 0.717) is 16.9 Å². The van der Waals surface area contributed by atoms with E-state index in [1.54, 1.807) is 19.1 Å². The number of hydrogen-bond donors (Lipinski definition) is 2. The zero-order valence-corrected chi connectivity index (χ0v) is 24.2. The number of carbonyl (C=O) groups is 3. The first-order valence-corrected chi connectivity index (χ1v) is 15.9. The molecule has 1 aromatic rings. The Morgan fingerprint density at radius 1 is 1.25 bits per heavy atom. The third-order valence-electron chi connectivity index (χ3n) is 6.74. The molecule has 0 spiro atoms. The van der Waals surface area contributed by atoms with E-state index in [1.807, 2.05) is 0 Å². The average Bonchev–Trinajstić information content (AvgIpc) is 2.81. The summed E-state index contributed by atoms with van der Waals surface area (Å²) in [6, 6.07) is 2.63. The number of methoxy groups -OCH3 is 2. The van der Waals surface area contributed by atoms with Crippen LogP contribution in [-0.2, 0) is 23.5 Å². The Morgan fingerprint density at radius 3 is 2.47 bits per heavy atom. The second-order valence-corrected chi connectivity index (χ2v) is 16.1. The van der Waals surface area contributed by atoms with Crippen molar-refractivity contribution in [1.29, 1.82) is 0 Å². The maximum absolute atomic E-state index is 13.5. The van der Waals surface area contributed by atoms with Gasteiger partial charge in [0, 0.05) is 23.3 Å². The van der Waals surface area contributed by atoms with Crippen LogP contribution in [0, 0.1) is 6.92 Å². The van der Waals surface area contributed by atoms with Crippen molar-refractivity contribution >= 4 is 37.9 Å². The number of ether oxygens (including phenoxy) is 3. The molecule has 0 aromatic heterocycles. The molecule has 2 rings (SSSR count). The van der Waals surface area contributed by atoms with Crippen molar-refractivity contribution in [1.82, 2.24) is 5.32 Å². The molecule has 0 radical (unpaired) electrons. The highest BCUT2D eigenvalue weighted by molar-refractivity contribution is 7.99. The number of aliphatic hydroxyl groups is 1. The van der Waals surface area contributed by atoms with Crippen molar-refractivity contribution < 1.29 is 38.1 Å². The normalized spacial score (nSPS) is 22.2. The number of amides is 1. The van der Waals surface area contributed by atoms with Gasteiger partial charge in [0.25, 0.3) is 0 Å². The summed E-state index contributed by atoms with van der Waals surface area (Å²) in [5, 5.41) is 12.4. The van der Waals surface area contributed by atoms with E-state index in [4.69, 9.17) is 18.6 Å². The molecule has 2 N–H and O–H groups in total. The summed E-state index contributed by atoms with van der Waals surface area (Å²) < 4.78 is 22.8. The lowest BCUT2D eigenvalue weighted by atomic mass is 10.0. The molecule has 36 heavy (non-hydrogen) atoms.